The topological polar surface area (TPSA) is 57.6 Å². The number of carboxylic acid groups (broad SMARTS) is 1. The Balaban J connectivity index is 2.18. The fraction of sp³-hybridized carbons (Fsp3) is 0.538. The van der Waals surface area contributed by atoms with E-state index in [9.17, 15) is 14.7 Å². The Morgan fingerprint density at radius 3 is 2.70 bits per heavy atom. The highest BCUT2D eigenvalue weighted by Gasteiger charge is 2.45. The smallest absolute Gasteiger partial charge is 0.311 e. The second-order valence-corrected chi connectivity index (χ2v) is 8.80. The quantitative estimate of drug-likeness (QED) is 0.794. The van der Waals surface area contributed by atoms with Crippen molar-refractivity contribution in [1.82, 2.24) is 4.90 Å². The van der Waals surface area contributed by atoms with Crippen molar-refractivity contribution in [3.8, 4) is 0 Å². The average molecular weight is 425 g/mol. The van der Waals surface area contributed by atoms with E-state index in [2.05, 4.69) is 31.9 Å². The summed E-state index contributed by atoms with van der Waals surface area (Å²) >= 11 is 8.17. The molecule has 1 unspecified atom stereocenters. The second-order valence-electron chi connectivity index (χ2n) is 5.05. The van der Waals surface area contributed by atoms with Crippen LogP contribution in [0.3, 0.4) is 0 Å². The molecule has 0 aromatic carbocycles. The van der Waals surface area contributed by atoms with Gasteiger partial charge in [0.25, 0.3) is 5.91 Å². The van der Waals surface area contributed by atoms with E-state index in [0.717, 1.165) is 14.0 Å². The number of carbonyl (C=O) groups excluding carboxylic acids is 1. The molecule has 0 spiro atoms. The van der Waals surface area contributed by atoms with Gasteiger partial charge in [0.15, 0.2) is 0 Å². The van der Waals surface area contributed by atoms with Crippen LogP contribution in [-0.4, -0.2) is 35.0 Å². The van der Waals surface area contributed by atoms with Gasteiger partial charge >= 0.3 is 5.97 Å². The zero-order valence-corrected chi connectivity index (χ0v) is 15.0. The third-order valence-corrected chi connectivity index (χ3v) is 6.05. The Morgan fingerprint density at radius 1 is 1.50 bits per heavy atom. The van der Waals surface area contributed by atoms with Gasteiger partial charge in [0.2, 0.25) is 0 Å². The minimum absolute atomic E-state index is 0.0990. The fourth-order valence-electron chi connectivity index (χ4n) is 2.67. The molecule has 110 valence electrons. The van der Waals surface area contributed by atoms with E-state index >= 15 is 0 Å². The zero-order valence-electron chi connectivity index (χ0n) is 11.0. The molecule has 1 fully saturated rings. The number of thiophene rings is 1. The normalized spacial score (nSPS) is 22.2. The molecule has 0 saturated carbocycles. The van der Waals surface area contributed by atoms with Crippen molar-refractivity contribution in [3.63, 3.8) is 0 Å². The Labute approximate surface area is 138 Å². The van der Waals surface area contributed by atoms with E-state index < -0.39 is 11.4 Å². The second kappa shape index (κ2) is 6.15. The number of hydrogen-bond donors (Lipinski definition) is 1. The van der Waals surface area contributed by atoms with Crippen molar-refractivity contribution in [3.05, 3.63) is 19.2 Å². The van der Waals surface area contributed by atoms with Crippen molar-refractivity contribution in [2.24, 2.45) is 5.41 Å². The molecular weight excluding hydrogens is 410 g/mol. The number of carbonyl (C=O) groups is 2. The molecule has 1 saturated heterocycles. The molecule has 2 heterocycles. The lowest BCUT2D eigenvalue weighted by Crippen LogP contribution is -2.36. The third-order valence-electron chi connectivity index (χ3n) is 3.71. The van der Waals surface area contributed by atoms with Crippen molar-refractivity contribution < 1.29 is 14.7 Å². The molecule has 1 aliphatic heterocycles. The van der Waals surface area contributed by atoms with Gasteiger partial charge in [0.1, 0.15) is 0 Å². The minimum atomic E-state index is -0.791. The maximum absolute atomic E-state index is 12.5. The molecule has 1 aromatic rings. The first-order valence-electron chi connectivity index (χ1n) is 6.37. The fourth-order valence-corrected chi connectivity index (χ4v) is 5.44. The van der Waals surface area contributed by atoms with Gasteiger partial charge in [-0.15, -0.1) is 11.3 Å². The van der Waals surface area contributed by atoms with Gasteiger partial charge < -0.3 is 10.0 Å². The van der Waals surface area contributed by atoms with E-state index in [1.807, 2.05) is 6.92 Å². The Kier molecular flexibility index (Phi) is 4.92. The van der Waals surface area contributed by atoms with Gasteiger partial charge in [0, 0.05) is 13.1 Å². The monoisotopic (exact) mass is 423 g/mol. The maximum Gasteiger partial charge on any atom is 0.311 e. The summed E-state index contributed by atoms with van der Waals surface area (Å²) in [4.78, 5) is 25.7. The van der Waals surface area contributed by atoms with Gasteiger partial charge in [-0.05, 0) is 50.8 Å². The number of rotatable bonds is 4. The van der Waals surface area contributed by atoms with E-state index in [4.69, 9.17) is 0 Å². The molecule has 0 bridgehead atoms. The highest BCUT2D eigenvalue weighted by molar-refractivity contribution is 9.12. The summed E-state index contributed by atoms with van der Waals surface area (Å²) in [6.07, 6.45) is 1.95. The molecule has 7 heteroatoms. The van der Waals surface area contributed by atoms with E-state index in [0.29, 0.717) is 31.5 Å². The van der Waals surface area contributed by atoms with Gasteiger partial charge in [0.05, 0.1) is 18.6 Å². The largest absolute Gasteiger partial charge is 0.481 e. The predicted molar refractivity (Wildman–Crippen MR) is 85.2 cm³/mol. The lowest BCUT2D eigenvalue weighted by Gasteiger charge is -2.24. The van der Waals surface area contributed by atoms with Crippen molar-refractivity contribution >= 4 is 55.1 Å². The molecule has 1 N–H and O–H groups in total. The highest BCUT2D eigenvalue weighted by Crippen LogP contribution is 2.38. The summed E-state index contributed by atoms with van der Waals surface area (Å²) in [5.74, 6) is -0.890. The molecule has 0 aliphatic carbocycles. The van der Waals surface area contributed by atoms with Crippen molar-refractivity contribution in [1.29, 1.82) is 0 Å². The first-order valence-corrected chi connectivity index (χ1v) is 8.77. The van der Waals surface area contributed by atoms with Crippen LogP contribution in [-0.2, 0) is 4.79 Å². The van der Waals surface area contributed by atoms with Crippen LogP contribution in [0.4, 0.5) is 0 Å². The van der Waals surface area contributed by atoms with Gasteiger partial charge in [-0.25, -0.2) is 0 Å². The van der Waals surface area contributed by atoms with E-state index in [-0.39, 0.29) is 5.91 Å². The van der Waals surface area contributed by atoms with E-state index in [1.54, 1.807) is 11.0 Å². The van der Waals surface area contributed by atoms with Crippen LogP contribution < -0.4 is 0 Å². The van der Waals surface area contributed by atoms with Gasteiger partial charge in [-0.3, -0.25) is 9.59 Å². The molecular formula is C13H15Br2NO3S. The van der Waals surface area contributed by atoms with Crippen molar-refractivity contribution in [2.45, 2.75) is 26.2 Å². The number of likely N-dealkylation sites (tertiary alicyclic amines) is 1. The third kappa shape index (κ3) is 2.94. The van der Waals surface area contributed by atoms with Crippen LogP contribution in [0, 0.1) is 5.41 Å². The van der Waals surface area contributed by atoms with Crippen molar-refractivity contribution in [2.75, 3.05) is 13.1 Å². The summed E-state index contributed by atoms with van der Waals surface area (Å²) in [6, 6.07) is 1.78. The predicted octanol–water partition coefficient (Wildman–Crippen LogP) is 3.99. The molecule has 4 nitrogen and oxygen atoms in total. The maximum atomic E-state index is 12.5. The molecule has 20 heavy (non-hydrogen) atoms. The number of aliphatic carboxylic acids is 1. The molecule has 0 radical (unpaired) electrons. The lowest BCUT2D eigenvalue weighted by molar-refractivity contribution is -0.148. The van der Waals surface area contributed by atoms with E-state index in [1.165, 1.54) is 11.3 Å². The number of halogens is 2. The Bertz CT molecular complexity index is 546. The number of amides is 1. The SMILES string of the molecule is CCCC1(C(=O)O)CCN(C(=O)c2cc(Br)sc2Br)C1. The highest BCUT2D eigenvalue weighted by atomic mass is 79.9. The summed E-state index contributed by atoms with van der Waals surface area (Å²) in [5.41, 5.74) is -0.177. The number of carboxylic acids is 1. The van der Waals surface area contributed by atoms with Crippen LogP contribution in [0.2, 0.25) is 0 Å². The Morgan fingerprint density at radius 2 is 2.20 bits per heavy atom. The minimum Gasteiger partial charge on any atom is -0.481 e. The standard InChI is InChI=1S/C13H15Br2NO3S/c1-2-3-13(12(18)19)4-5-16(7-13)11(17)8-6-9(14)20-10(8)15/h6H,2-5,7H2,1H3,(H,18,19). The summed E-state index contributed by atoms with van der Waals surface area (Å²) in [5, 5.41) is 9.47. The van der Waals surface area contributed by atoms with Crippen LogP contribution >= 0.6 is 43.2 Å². The first kappa shape index (κ1) is 16.0. The van der Waals surface area contributed by atoms with Gasteiger partial charge in [-0.1, -0.05) is 13.3 Å². The number of hydrogen-bond acceptors (Lipinski definition) is 3. The summed E-state index contributed by atoms with van der Waals surface area (Å²) in [7, 11) is 0. The molecule has 1 aromatic heterocycles. The molecule has 2 rings (SSSR count). The molecule has 1 atom stereocenters. The Hall–Kier alpha value is -0.400. The number of nitrogens with zero attached hydrogens (tertiary/aromatic N) is 1. The van der Waals surface area contributed by atoms with Crippen LogP contribution in [0.15, 0.2) is 13.6 Å². The first-order chi connectivity index (χ1) is 9.39. The van der Waals surface area contributed by atoms with Crippen LogP contribution in [0.1, 0.15) is 36.5 Å². The van der Waals surface area contributed by atoms with Crippen LogP contribution in [0.5, 0.6) is 0 Å². The van der Waals surface area contributed by atoms with Crippen LogP contribution in [0.25, 0.3) is 0 Å². The summed E-state index contributed by atoms with van der Waals surface area (Å²) < 4.78 is 1.66. The molecule has 1 aliphatic rings. The molecule has 1 amide bonds. The lowest BCUT2D eigenvalue weighted by atomic mass is 9.83. The summed E-state index contributed by atoms with van der Waals surface area (Å²) in [6.45, 7) is 2.78. The average Bonchev–Trinajstić information content (AvgIpc) is 2.94. The van der Waals surface area contributed by atoms with Gasteiger partial charge in [-0.2, -0.15) is 0 Å². The zero-order chi connectivity index (χ0) is 14.9.